The lowest BCUT2D eigenvalue weighted by molar-refractivity contribution is 0.713. The van der Waals surface area contributed by atoms with Gasteiger partial charge in [-0.25, -0.2) is 0 Å². The normalized spacial score (nSPS) is 11.4. The summed E-state index contributed by atoms with van der Waals surface area (Å²) in [6.07, 6.45) is 5.39. The van der Waals surface area contributed by atoms with Gasteiger partial charge >= 0.3 is 0 Å². The van der Waals surface area contributed by atoms with Crippen molar-refractivity contribution in [1.82, 2.24) is 14.1 Å². The van der Waals surface area contributed by atoms with E-state index in [1.807, 2.05) is 48.8 Å². The molecule has 4 heteroatoms. The summed E-state index contributed by atoms with van der Waals surface area (Å²) in [5.41, 5.74) is 5.53. The Morgan fingerprint density at radius 1 is 0.931 bits per heavy atom. The van der Waals surface area contributed by atoms with Crippen molar-refractivity contribution in [3.63, 3.8) is 0 Å². The molecule has 0 N–H and O–H groups in total. The van der Waals surface area contributed by atoms with Gasteiger partial charge in [0.15, 0.2) is 0 Å². The van der Waals surface area contributed by atoms with Crippen molar-refractivity contribution in [3.8, 4) is 11.1 Å². The minimum Gasteiger partial charge on any atom is -0.346 e. The molecule has 0 atom stereocenters. The Kier molecular flexibility index (Phi) is 4.06. The lowest BCUT2D eigenvalue weighted by Crippen LogP contribution is -2.21. The fraction of sp³-hybridized carbons (Fsp3) is 0.120. The van der Waals surface area contributed by atoms with Gasteiger partial charge in [0.25, 0.3) is 5.56 Å². The molecule has 142 valence electrons. The minimum atomic E-state index is -0.0192. The highest BCUT2D eigenvalue weighted by Gasteiger charge is 2.11. The Morgan fingerprint density at radius 2 is 1.76 bits per heavy atom. The van der Waals surface area contributed by atoms with Crippen LogP contribution in [0.4, 0.5) is 0 Å². The molecule has 5 rings (SSSR count). The number of benzene rings is 2. The Hall–Kier alpha value is -3.66. The molecule has 3 aromatic heterocycles. The van der Waals surface area contributed by atoms with Crippen LogP contribution in [0.3, 0.4) is 0 Å². The van der Waals surface area contributed by atoms with Gasteiger partial charge in [-0.1, -0.05) is 42.5 Å². The van der Waals surface area contributed by atoms with E-state index in [1.165, 1.54) is 16.5 Å². The van der Waals surface area contributed by atoms with Crippen LogP contribution in [-0.4, -0.2) is 14.1 Å². The average Bonchev–Trinajstić information content (AvgIpc) is 3.05. The molecule has 0 unspecified atom stereocenters. The molecule has 4 nitrogen and oxygen atoms in total. The molecule has 0 spiro atoms. The Balaban J connectivity index is 1.61. The SMILES string of the molecule is Cc1ccc2cc(Cn3ccc4c(-c5ccccc5)cncc4c3=O)n(C)c2c1. The monoisotopic (exact) mass is 379 g/mol. The molecule has 0 saturated heterocycles. The van der Waals surface area contributed by atoms with E-state index in [4.69, 9.17) is 0 Å². The maximum atomic E-state index is 13.2. The van der Waals surface area contributed by atoms with Crippen LogP contribution >= 0.6 is 0 Å². The smallest absolute Gasteiger partial charge is 0.260 e. The molecule has 0 fully saturated rings. The number of aryl methyl sites for hydroxylation is 2. The number of hydrogen-bond donors (Lipinski definition) is 0. The third-order valence-corrected chi connectivity index (χ3v) is 5.62. The first kappa shape index (κ1) is 17.4. The summed E-state index contributed by atoms with van der Waals surface area (Å²) < 4.78 is 3.93. The van der Waals surface area contributed by atoms with Crippen molar-refractivity contribution < 1.29 is 0 Å². The second-order valence-electron chi connectivity index (χ2n) is 7.52. The van der Waals surface area contributed by atoms with Gasteiger partial charge in [-0.2, -0.15) is 0 Å². The predicted octanol–water partition coefficient (Wildman–Crippen LogP) is 4.91. The molecular weight excluding hydrogens is 358 g/mol. The van der Waals surface area contributed by atoms with Crippen LogP contribution in [0.25, 0.3) is 32.8 Å². The highest BCUT2D eigenvalue weighted by molar-refractivity contribution is 5.95. The third-order valence-electron chi connectivity index (χ3n) is 5.62. The van der Waals surface area contributed by atoms with Crippen LogP contribution in [0, 0.1) is 6.92 Å². The number of aromatic nitrogens is 3. The molecule has 0 radical (unpaired) electrons. The van der Waals surface area contributed by atoms with Gasteiger partial charge in [-0.15, -0.1) is 0 Å². The van der Waals surface area contributed by atoms with Gasteiger partial charge in [-0.3, -0.25) is 9.78 Å². The van der Waals surface area contributed by atoms with E-state index >= 15 is 0 Å². The van der Waals surface area contributed by atoms with Crippen molar-refractivity contribution >= 4 is 21.7 Å². The van der Waals surface area contributed by atoms with Crippen LogP contribution in [0.1, 0.15) is 11.3 Å². The largest absolute Gasteiger partial charge is 0.346 e. The van der Waals surface area contributed by atoms with Gasteiger partial charge in [0.2, 0.25) is 0 Å². The minimum absolute atomic E-state index is 0.0192. The van der Waals surface area contributed by atoms with Crippen LogP contribution in [0.2, 0.25) is 0 Å². The molecule has 2 aromatic carbocycles. The van der Waals surface area contributed by atoms with Crippen molar-refractivity contribution in [1.29, 1.82) is 0 Å². The maximum Gasteiger partial charge on any atom is 0.260 e. The molecule has 0 bridgehead atoms. The summed E-state index contributed by atoms with van der Waals surface area (Å²) in [7, 11) is 2.05. The summed E-state index contributed by atoms with van der Waals surface area (Å²) in [6.45, 7) is 2.62. The first-order chi connectivity index (χ1) is 14.1. The van der Waals surface area contributed by atoms with Gasteiger partial charge in [0.05, 0.1) is 11.9 Å². The fourth-order valence-electron chi connectivity index (χ4n) is 4.00. The zero-order valence-electron chi connectivity index (χ0n) is 16.5. The first-order valence-corrected chi connectivity index (χ1v) is 9.69. The summed E-state index contributed by atoms with van der Waals surface area (Å²) >= 11 is 0. The number of pyridine rings is 2. The number of fused-ring (bicyclic) bond motifs is 2. The van der Waals surface area contributed by atoms with E-state index < -0.39 is 0 Å². The molecular formula is C25H21N3O. The Morgan fingerprint density at radius 3 is 2.59 bits per heavy atom. The molecule has 0 aliphatic heterocycles. The molecule has 0 aliphatic rings. The molecule has 3 heterocycles. The second kappa shape index (κ2) is 6.74. The zero-order valence-corrected chi connectivity index (χ0v) is 16.5. The van der Waals surface area contributed by atoms with Crippen LogP contribution < -0.4 is 5.56 Å². The first-order valence-electron chi connectivity index (χ1n) is 9.69. The van der Waals surface area contributed by atoms with Crippen molar-refractivity contribution in [2.75, 3.05) is 0 Å². The summed E-state index contributed by atoms with van der Waals surface area (Å²) in [4.78, 5) is 17.6. The van der Waals surface area contributed by atoms with Crippen molar-refractivity contribution in [2.45, 2.75) is 13.5 Å². The predicted molar refractivity (Wildman–Crippen MR) is 118 cm³/mol. The van der Waals surface area contributed by atoms with E-state index in [-0.39, 0.29) is 5.56 Å². The average molecular weight is 379 g/mol. The van der Waals surface area contributed by atoms with Crippen molar-refractivity contribution in [2.24, 2.45) is 7.05 Å². The van der Waals surface area contributed by atoms with E-state index in [1.54, 1.807) is 10.8 Å². The summed E-state index contributed by atoms with van der Waals surface area (Å²) in [5, 5.41) is 2.76. The lowest BCUT2D eigenvalue weighted by Gasteiger charge is -2.11. The number of hydrogen-bond acceptors (Lipinski definition) is 2. The Bertz CT molecular complexity index is 1410. The maximum absolute atomic E-state index is 13.2. The van der Waals surface area contributed by atoms with Gasteiger partial charge in [-0.05, 0) is 47.0 Å². The number of rotatable bonds is 3. The standard InChI is InChI=1S/C25H21N3O/c1-17-8-9-19-13-20(27(2)24(19)12-17)16-28-11-10-21-22(18-6-4-3-5-7-18)14-26-15-23(21)25(28)29/h3-15H,16H2,1-2H3. The molecule has 0 amide bonds. The van der Waals surface area contributed by atoms with E-state index in [2.05, 4.69) is 47.8 Å². The summed E-state index contributed by atoms with van der Waals surface area (Å²) in [6, 6.07) is 20.7. The summed E-state index contributed by atoms with van der Waals surface area (Å²) in [5.74, 6) is 0. The fourth-order valence-corrected chi connectivity index (χ4v) is 4.00. The molecule has 29 heavy (non-hydrogen) atoms. The van der Waals surface area contributed by atoms with E-state index in [9.17, 15) is 4.79 Å². The zero-order chi connectivity index (χ0) is 20.0. The van der Waals surface area contributed by atoms with Gasteiger partial charge < -0.3 is 9.13 Å². The highest BCUT2D eigenvalue weighted by atomic mass is 16.1. The molecule has 5 aromatic rings. The van der Waals surface area contributed by atoms with Crippen LogP contribution in [-0.2, 0) is 13.6 Å². The second-order valence-corrected chi connectivity index (χ2v) is 7.52. The van der Waals surface area contributed by atoms with Crippen LogP contribution in [0.15, 0.2) is 84.0 Å². The molecule has 0 saturated carbocycles. The van der Waals surface area contributed by atoms with Gasteiger partial charge in [0, 0.05) is 42.4 Å². The quantitative estimate of drug-likeness (QED) is 0.447. The Labute approximate surface area is 168 Å². The van der Waals surface area contributed by atoms with E-state index in [0.717, 1.165) is 22.2 Å². The third kappa shape index (κ3) is 2.93. The van der Waals surface area contributed by atoms with Gasteiger partial charge in [0.1, 0.15) is 0 Å². The van der Waals surface area contributed by atoms with Crippen LogP contribution in [0.5, 0.6) is 0 Å². The highest BCUT2D eigenvalue weighted by Crippen LogP contribution is 2.26. The van der Waals surface area contributed by atoms with E-state index in [0.29, 0.717) is 11.9 Å². The number of nitrogens with zero attached hydrogens (tertiary/aromatic N) is 3. The van der Waals surface area contributed by atoms with Crippen molar-refractivity contribution in [3.05, 3.63) is 101 Å². The topological polar surface area (TPSA) is 39.8 Å². The molecule has 0 aliphatic carbocycles. The lowest BCUT2D eigenvalue weighted by atomic mass is 10.0.